The molecule has 0 fully saturated rings. The summed E-state index contributed by atoms with van der Waals surface area (Å²) in [4.78, 5) is -0.0347. The van der Waals surface area contributed by atoms with Crippen LogP contribution in [0.2, 0.25) is 0 Å². The molecule has 1 aliphatic rings. The molecule has 0 aromatic heterocycles. The molecule has 0 saturated carbocycles. The van der Waals surface area contributed by atoms with Gasteiger partial charge >= 0.3 is 0 Å². The first kappa shape index (κ1) is 12.3. The van der Waals surface area contributed by atoms with Gasteiger partial charge < -0.3 is 0 Å². The van der Waals surface area contributed by atoms with Crippen LogP contribution < -0.4 is 14.6 Å². The van der Waals surface area contributed by atoms with E-state index < -0.39 is 20.2 Å². The zero-order valence-electron chi connectivity index (χ0n) is 8.70. The quantitative estimate of drug-likeness (QED) is 0.712. The lowest BCUT2D eigenvalue weighted by Gasteiger charge is -2.15. The van der Waals surface area contributed by atoms with Crippen LogP contribution in [0.3, 0.4) is 0 Å². The van der Waals surface area contributed by atoms with Crippen molar-refractivity contribution in [3.63, 3.8) is 0 Å². The third-order valence-electron chi connectivity index (χ3n) is 2.54. The molecule has 0 bridgehead atoms. The second kappa shape index (κ2) is 3.67. The Bertz CT molecular complexity index is 666. The fourth-order valence-electron chi connectivity index (χ4n) is 1.79. The van der Waals surface area contributed by atoms with Gasteiger partial charge in [0, 0.05) is 6.54 Å². The molecule has 0 spiro atoms. The Labute approximate surface area is 99.3 Å². The number of nitrogens with two attached hydrogens (primary N) is 2. The lowest BCUT2D eigenvalue weighted by molar-refractivity contribution is 0.593. The Morgan fingerprint density at radius 2 is 1.76 bits per heavy atom. The standard InChI is InChI=1S/C8H11N3O4S2/c9-16(12,13)7-1-2-8-6(5-7)3-4-11(8)17(10,14)15/h1-2,5H,3-4H2,(H2,9,12,13)(H2,10,14,15). The van der Waals surface area contributed by atoms with Crippen LogP contribution in [0.15, 0.2) is 23.1 Å². The number of primary sulfonamides is 1. The van der Waals surface area contributed by atoms with Gasteiger partial charge in [0.05, 0.1) is 10.6 Å². The zero-order valence-corrected chi connectivity index (χ0v) is 10.3. The van der Waals surface area contributed by atoms with Crippen LogP contribution in [-0.4, -0.2) is 23.4 Å². The summed E-state index contributed by atoms with van der Waals surface area (Å²) < 4.78 is 45.8. The summed E-state index contributed by atoms with van der Waals surface area (Å²) in [5.74, 6) is 0. The predicted molar refractivity (Wildman–Crippen MR) is 62.0 cm³/mol. The van der Waals surface area contributed by atoms with Crippen LogP contribution in [0, 0.1) is 0 Å². The lowest BCUT2D eigenvalue weighted by Crippen LogP contribution is -2.35. The summed E-state index contributed by atoms with van der Waals surface area (Å²) in [6.45, 7) is 0.211. The van der Waals surface area contributed by atoms with Crippen LogP contribution >= 0.6 is 0 Å². The first-order chi connectivity index (χ1) is 7.69. The van der Waals surface area contributed by atoms with Crippen molar-refractivity contribution in [2.75, 3.05) is 10.8 Å². The number of hydrogen-bond donors (Lipinski definition) is 2. The topological polar surface area (TPSA) is 124 Å². The minimum absolute atomic E-state index is 0.0347. The molecule has 2 rings (SSSR count). The fourth-order valence-corrected chi connectivity index (χ4v) is 3.15. The van der Waals surface area contributed by atoms with Crippen molar-refractivity contribution in [2.24, 2.45) is 10.3 Å². The number of rotatable bonds is 2. The molecule has 0 atom stereocenters. The highest BCUT2D eigenvalue weighted by Crippen LogP contribution is 2.30. The van der Waals surface area contributed by atoms with E-state index in [9.17, 15) is 16.8 Å². The molecule has 1 aliphatic heterocycles. The molecular formula is C8H11N3O4S2. The van der Waals surface area contributed by atoms with Crippen molar-refractivity contribution in [3.8, 4) is 0 Å². The van der Waals surface area contributed by atoms with E-state index in [-0.39, 0.29) is 11.4 Å². The molecule has 1 aromatic carbocycles. The summed E-state index contributed by atoms with van der Waals surface area (Å²) in [7, 11) is -7.59. The molecule has 1 heterocycles. The van der Waals surface area contributed by atoms with Crippen molar-refractivity contribution in [1.29, 1.82) is 0 Å². The minimum atomic E-state index is -3.81. The number of anilines is 1. The smallest absolute Gasteiger partial charge is 0.257 e. The molecule has 1 aromatic rings. The second-order valence-corrected chi connectivity index (χ2v) is 6.73. The van der Waals surface area contributed by atoms with Crippen molar-refractivity contribution < 1.29 is 16.8 Å². The summed E-state index contributed by atoms with van der Waals surface area (Å²) in [6.07, 6.45) is 0.412. The van der Waals surface area contributed by atoms with E-state index in [4.69, 9.17) is 10.3 Å². The van der Waals surface area contributed by atoms with E-state index in [0.29, 0.717) is 17.7 Å². The van der Waals surface area contributed by atoms with Gasteiger partial charge in [0.2, 0.25) is 10.0 Å². The normalized spacial score (nSPS) is 16.0. The second-order valence-electron chi connectivity index (χ2n) is 3.70. The van der Waals surface area contributed by atoms with Gasteiger partial charge in [-0.1, -0.05) is 0 Å². The summed E-state index contributed by atoms with van der Waals surface area (Å²) in [5, 5.41) is 10.0. The van der Waals surface area contributed by atoms with Crippen molar-refractivity contribution in [1.82, 2.24) is 0 Å². The predicted octanol–water partition coefficient (Wildman–Crippen LogP) is -1.10. The Morgan fingerprint density at radius 3 is 2.29 bits per heavy atom. The maximum Gasteiger partial charge on any atom is 0.299 e. The van der Waals surface area contributed by atoms with E-state index >= 15 is 0 Å². The molecule has 7 nitrogen and oxygen atoms in total. The van der Waals surface area contributed by atoms with Gasteiger partial charge in [-0.2, -0.15) is 8.42 Å². The Hall–Kier alpha value is -1.16. The van der Waals surface area contributed by atoms with Gasteiger partial charge in [0.1, 0.15) is 0 Å². The molecule has 0 saturated heterocycles. The Balaban J connectivity index is 2.53. The number of sulfonamides is 1. The maximum absolute atomic E-state index is 11.2. The molecule has 0 unspecified atom stereocenters. The average molecular weight is 277 g/mol. The highest BCUT2D eigenvalue weighted by molar-refractivity contribution is 7.90. The molecule has 0 amide bonds. The fraction of sp³-hybridized carbons (Fsp3) is 0.250. The van der Waals surface area contributed by atoms with Gasteiger partial charge in [0.15, 0.2) is 0 Å². The number of benzene rings is 1. The number of nitrogens with zero attached hydrogens (tertiary/aromatic N) is 1. The first-order valence-electron chi connectivity index (χ1n) is 4.66. The lowest BCUT2D eigenvalue weighted by atomic mass is 10.2. The van der Waals surface area contributed by atoms with Crippen LogP contribution in [0.1, 0.15) is 5.56 Å². The highest BCUT2D eigenvalue weighted by Gasteiger charge is 2.27. The third kappa shape index (κ3) is 2.27. The number of fused-ring (bicyclic) bond motifs is 1. The first-order valence-corrected chi connectivity index (χ1v) is 7.71. The van der Waals surface area contributed by atoms with Crippen LogP contribution in [0.25, 0.3) is 0 Å². The average Bonchev–Trinajstić information content (AvgIpc) is 2.57. The highest BCUT2D eigenvalue weighted by atomic mass is 32.2. The summed E-state index contributed by atoms with van der Waals surface area (Å²) in [5.41, 5.74) is 1.01. The molecule has 17 heavy (non-hydrogen) atoms. The maximum atomic E-state index is 11.2. The molecule has 0 aliphatic carbocycles. The molecule has 9 heteroatoms. The molecular weight excluding hydrogens is 266 g/mol. The van der Waals surface area contributed by atoms with Gasteiger partial charge in [-0.05, 0) is 30.2 Å². The summed E-state index contributed by atoms with van der Waals surface area (Å²) in [6, 6.07) is 4.03. The zero-order chi connectivity index (χ0) is 12.8. The van der Waals surface area contributed by atoms with E-state index in [1.807, 2.05) is 0 Å². The SMILES string of the molecule is NS(=O)(=O)c1ccc2c(c1)CCN2S(N)(=O)=O. The van der Waals surface area contributed by atoms with Crippen molar-refractivity contribution in [3.05, 3.63) is 23.8 Å². The van der Waals surface area contributed by atoms with E-state index in [2.05, 4.69) is 0 Å². The van der Waals surface area contributed by atoms with E-state index in [1.54, 1.807) is 0 Å². The van der Waals surface area contributed by atoms with Crippen molar-refractivity contribution >= 4 is 25.9 Å². The molecule has 4 N–H and O–H groups in total. The summed E-state index contributed by atoms with van der Waals surface area (Å²) >= 11 is 0. The monoisotopic (exact) mass is 277 g/mol. The van der Waals surface area contributed by atoms with Crippen molar-refractivity contribution in [2.45, 2.75) is 11.3 Å². The molecule has 94 valence electrons. The Kier molecular flexibility index (Phi) is 2.65. The number of hydrogen-bond acceptors (Lipinski definition) is 4. The van der Waals surface area contributed by atoms with Gasteiger partial charge in [0.25, 0.3) is 10.2 Å². The molecule has 0 radical (unpaired) electrons. The third-order valence-corrected chi connectivity index (χ3v) is 4.44. The van der Waals surface area contributed by atoms with Gasteiger partial charge in [-0.3, -0.25) is 4.31 Å². The largest absolute Gasteiger partial charge is 0.299 e. The van der Waals surface area contributed by atoms with Gasteiger partial charge in [-0.15, -0.1) is 0 Å². The van der Waals surface area contributed by atoms with E-state index in [1.165, 1.54) is 18.2 Å². The minimum Gasteiger partial charge on any atom is -0.257 e. The van der Waals surface area contributed by atoms with E-state index in [0.717, 1.165) is 4.31 Å². The van der Waals surface area contributed by atoms with Crippen LogP contribution in [-0.2, 0) is 26.7 Å². The Morgan fingerprint density at radius 1 is 1.12 bits per heavy atom. The van der Waals surface area contributed by atoms with Gasteiger partial charge in [-0.25, -0.2) is 18.7 Å². The van der Waals surface area contributed by atoms with Crippen LogP contribution in [0.4, 0.5) is 5.69 Å². The van der Waals surface area contributed by atoms with Crippen LogP contribution in [0.5, 0.6) is 0 Å².